The molecule has 1 aliphatic heterocycles. The van der Waals surface area contributed by atoms with Crippen molar-refractivity contribution in [2.75, 3.05) is 6.54 Å². The van der Waals surface area contributed by atoms with Crippen LogP contribution >= 0.6 is 0 Å². The van der Waals surface area contributed by atoms with Crippen molar-refractivity contribution in [1.29, 1.82) is 0 Å². The van der Waals surface area contributed by atoms with Gasteiger partial charge in [0.05, 0.1) is 5.52 Å². The van der Waals surface area contributed by atoms with Crippen molar-refractivity contribution in [2.45, 2.75) is 31.7 Å². The Morgan fingerprint density at radius 1 is 1.03 bits per heavy atom. The number of benzene rings is 2. The SMILES string of the molecule is O=C(c1ccc2ccccc2n1)N1CCCCC1Cc1nc(-c2ccc(F)cc2)co1. The van der Waals surface area contributed by atoms with Crippen molar-refractivity contribution >= 4 is 16.8 Å². The molecule has 3 heterocycles. The van der Waals surface area contributed by atoms with Crippen LogP contribution in [-0.2, 0) is 6.42 Å². The maximum atomic E-state index is 13.3. The lowest BCUT2D eigenvalue weighted by Gasteiger charge is -2.35. The Labute approximate surface area is 179 Å². The third kappa shape index (κ3) is 4.06. The number of hydrogen-bond acceptors (Lipinski definition) is 4. The first kappa shape index (κ1) is 19.4. The van der Waals surface area contributed by atoms with Crippen LogP contribution in [0.2, 0.25) is 0 Å². The maximum absolute atomic E-state index is 13.3. The van der Waals surface area contributed by atoms with E-state index in [1.807, 2.05) is 35.2 Å². The molecule has 0 radical (unpaired) electrons. The second-order valence-electron chi connectivity index (χ2n) is 7.87. The van der Waals surface area contributed by atoms with Crippen LogP contribution in [0.5, 0.6) is 0 Å². The van der Waals surface area contributed by atoms with E-state index in [0.29, 0.717) is 30.2 Å². The summed E-state index contributed by atoms with van der Waals surface area (Å²) in [6.45, 7) is 0.698. The molecular formula is C25H22FN3O2. The van der Waals surface area contributed by atoms with E-state index >= 15 is 0 Å². The van der Waals surface area contributed by atoms with Gasteiger partial charge >= 0.3 is 0 Å². The maximum Gasteiger partial charge on any atom is 0.272 e. The standard InChI is InChI=1S/C25H22FN3O2/c26-19-11-8-18(9-12-19)23-16-31-24(28-23)15-20-6-3-4-14-29(20)25(30)22-13-10-17-5-1-2-7-21(17)27-22/h1-2,5,7-13,16,20H,3-4,6,14-15H2. The second-order valence-corrected chi connectivity index (χ2v) is 7.87. The topological polar surface area (TPSA) is 59.2 Å². The highest BCUT2D eigenvalue weighted by Gasteiger charge is 2.29. The van der Waals surface area contributed by atoms with Gasteiger partial charge in [-0.3, -0.25) is 4.79 Å². The Hall–Kier alpha value is -3.54. The fourth-order valence-electron chi connectivity index (χ4n) is 4.17. The number of aromatic nitrogens is 2. The lowest BCUT2D eigenvalue weighted by Crippen LogP contribution is -2.45. The monoisotopic (exact) mass is 415 g/mol. The Morgan fingerprint density at radius 2 is 1.87 bits per heavy atom. The van der Waals surface area contributed by atoms with E-state index in [9.17, 15) is 9.18 Å². The molecule has 4 aromatic rings. The molecular weight excluding hydrogens is 393 g/mol. The fourth-order valence-corrected chi connectivity index (χ4v) is 4.17. The molecule has 1 amide bonds. The van der Waals surface area contributed by atoms with Crippen molar-refractivity contribution in [1.82, 2.24) is 14.9 Å². The molecule has 2 aromatic heterocycles. The van der Waals surface area contributed by atoms with Gasteiger partial charge in [-0.25, -0.2) is 14.4 Å². The van der Waals surface area contributed by atoms with Gasteiger partial charge in [0.1, 0.15) is 23.5 Å². The number of carbonyl (C=O) groups excluding carboxylic acids is 1. The van der Waals surface area contributed by atoms with E-state index in [4.69, 9.17) is 4.42 Å². The predicted octanol–water partition coefficient (Wildman–Crippen LogP) is 5.27. The zero-order chi connectivity index (χ0) is 21.2. The second kappa shape index (κ2) is 8.30. The first-order valence-electron chi connectivity index (χ1n) is 10.5. The number of amides is 1. The molecule has 0 bridgehead atoms. The number of halogens is 1. The van der Waals surface area contributed by atoms with Gasteiger partial charge in [-0.1, -0.05) is 24.3 Å². The smallest absolute Gasteiger partial charge is 0.272 e. The molecule has 1 aliphatic rings. The van der Waals surface area contributed by atoms with Crippen molar-refractivity contribution < 1.29 is 13.6 Å². The van der Waals surface area contributed by atoms with Gasteiger partial charge in [0.2, 0.25) is 0 Å². The summed E-state index contributed by atoms with van der Waals surface area (Å²) in [7, 11) is 0. The van der Waals surface area contributed by atoms with Crippen molar-refractivity contribution in [3.63, 3.8) is 0 Å². The molecule has 2 aromatic carbocycles. The first-order valence-corrected chi connectivity index (χ1v) is 10.5. The molecule has 1 fully saturated rings. The van der Waals surface area contributed by atoms with Crippen LogP contribution in [0.4, 0.5) is 4.39 Å². The molecule has 6 heteroatoms. The third-order valence-electron chi connectivity index (χ3n) is 5.81. The van der Waals surface area contributed by atoms with Gasteiger partial charge in [-0.15, -0.1) is 0 Å². The minimum Gasteiger partial charge on any atom is -0.448 e. The van der Waals surface area contributed by atoms with E-state index in [1.54, 1.807) is 24.5 Å². The summed E-state index contributed by atoms with van der Waals surface area (Å²) in [5, 5.41) is 1.02. The Balaban J connectivity index is 1.35. The summed E-state index contributed by atoms with van der Waals surface area (Å²) in [5.74, 6) is 0.238. The van der Waals surface area contributed by atoms with E-state index in [2.05, 4.69) is 9.97 Å². The molecule has 31 heavy (non-hydrogen) atoms. The molecule has 1 atom stereocenters. The van der Waals surface area contributed by atoms with Gasteiger partial charge in [0.15, 0.2) is 5.89 Å². The van der Waals surface area contributed by atoms with Crippen molar-refractivity contribution in [2.24, 2.45) is 0 Å². The Kier molecular flexibility index (Phi) is 5.20. The number of fused-ring (bicyclic) bond motifs is 1. The number of piperidine rings is 1. The normalized spacial score (nSPS) is 16.5. The third-order valence-corrected chi connectivity index (χ3v) is 5.81. The number of likely N-dealkylation sites (tertiary alicyclic amines) is 1. The van der Waals surface area contributed by atoms with Crippen LogP contribution in [0.3, 0.4) is 0 Å². The van der Waals surface area contributed by atoms with E-state index < -0.39 is 0 Å². The van der Waals surface area contributed by atoms with Gasteiger partial charge in [0, 0.05) is 30.0 Å². The molecule has 5 nitrogen and oxygen atoms in total. The van der Waals surface area contributed by atoms with Gasteiger partial charge in [0.25, 0.3) is 5.91 Å². The average Bonchev–Trinajstić information content (AvgIpc) is 3.27. The predicted molar refractivity (Wildman–Crippen MR) is 116 cm³/mol. The number of pyridine rings is 1. The number of oxazole rings is 1. The molecule has 0 saturated carbocycles. The largest absolute Gasteiger partial charge is 0.448 e. The molecule has 5 rings (SSSR count). The summed E-state index contributed by atoms with van der Waals surface area (Å²) in [5.41, 5.74) is 2.75. The van der Waals surface area contributed by atoms with Crippen molar-refractivity contribution in [3.8, 4) is 11.3 Å². The molecule has 0 N–H and O–H groups in total. The number of hydrogen-bond donors (Lipinski definition) is 0. The molecule has 156 valence electrons. The number of para-hydroxylation sites is 1. The highest BCUT2D eigenvalue weighted by molar-refractivity contribution is 5.95. The lowest BCUT2D eigenvalue weighted by molar-refractivity contribution is 0.0600. The van der Waals surface area contributed by atoms with Crippen LogP contribution in [-0.4, -0.2) is 33.4 Å². The summed E-state index contributed by atoms with van der Waals surface area (Å²) < 4.78 is 18.9. The first-order chi connectivity index (χ1) is 15.2. The highest BCUT2D eigenvalue weighted by atomic mass is 19.1. The summed E-state index contributed by atoms with van der Waals surface area (Å²) >= 11 is 0. The summed E-state index contributed by atoms with van der Waals surface area (Å²) in [6, 6.07) is 17.7. The zero-order valence-electron chi connectivity index (χ0n) is 17.0. The van der Waals surface area contributed by atoms with Crippen LogP contribution in [0, 0.1) is 5.82 Å². The lowest BCUT2D eigenvalue weighted by atomic mass is 9.98. The van der Waals surface area contributed by atoms with Gasteiger partial charge < -0.3 is 9.32 Å². The number of nitrogens with zero attached hydrogens (tertiary/aromatic N) is 3. The minimum absolute atomic E-state index is 0.00855. The average molecular weight is 415 g/mol. The van der Waals surface area contributed by atoms with Crippen LogP contribution in [0.25, 0.3) is 22.2 Å². The molecule has 1 unspecified atom stereocenters. The highest BCUT2D eigenvalue weighted by Crippen LogP contribution is 2.25. The van der Waals surface area contributed by atoms with Crippen LogP contribution < -0.4 is 0 Å². The number of carbonyl (C=O) groups is 1. The van der Waals surface area contributed by atoms with E-state index in [1.165, 1.54) is 12.1 Å². The van der Waals surface area contributed by atoms with Gasteiger partial charge in [-0.2, -0.15) is 0 Å². The fraction of sp³-hybridized carbons (Fsp3) is 0.240. The quantitative estimate of drug-likeness (QED) is 0.456. The van der Waals surface area contributed by atoms with Crippen molar-refractivity contribution in [3.05, 3.63) is 84.3 Å². The molecule has 1 saturated heterocycles. The summed E-state index contributed by atoms with van der Waals surface area (Å²) in [4.78, 5) is 24.3. The Morgan fingerprint density at radius 3 is 2.74 bits per heavy atom. The van der Waals surface area contributed by atoms with Crippen LogP contribution in [0.15, 0.2) is 71.3 Å². The van der Waals surface area contributed by atoms with Crippen LogP contribution in [0.1, 0.15) is 35.6 Å². The molecule has 0 spiro atoms. The van der Waals surface area contributed by atoms with E-state index in [0.717, 1.165) is 35.7 Å². The molecule has 0 aliphatic carbocycles. The van der Waals surface area contributed by atoms with E-state index in [-0.39, 0.29) is 17.8 Å². The summed E-state index contributed by atoms with van der Waals surface area (Å²) in [6.07, 6.45) is 5.06. The number of rotatable bonds is 4. The zero-order valence-corrected chi connectivity index (χ0v) is 17.0. The van der Waals surface area contributed by atoms with Gasteiger partial charge in [-0.05, 0) is 55.7 Å². The Bertz CT molecular complexity index is 1220. The minimum atomic E-state index is -0.286.